The van der Waals surface area contributed by atoms with E-state index >= 15 is 0 Å². The molecule has 0 saturated heterocycles. The normalized spacial score (nSPS) is 13.0. The molecule has 0 atom stereocenters. The Hall–Kier alpha value is -3.85. The third-order valence-electron chi connectivity index (χ3n) is 4.24. The van der Waals surface area contributed by atoms with Gasteiger partial charge in [0.15, 0.2) is 0 Å². The van der Waals surface area contributed by atoms with Gasteiger partial charge in [0, 0.05) is 11.8 Å². The number of nitrogens with one attached hydrogen (secondary N) is 1. The SMILES string of the molecule is N#Cc1cc(C2=Nc3ccc(-c4ccc(F)cc4)cc3NC(=O)C2)ccn1. The maximum atomic E-state index is 13.1. The lowest BCUT2D eigenvalue weighted by molar-refractivity contribution is -0.115. The molecule has 130 valence electrons. The Kier molecular flexibility index (Phi) is 4.19. The van der Waals surface area contributed by atoms with Gasteiger partial charge >= 0.3 is 0 Å². The number of hydrogen-bond acceptors (Lipinski definition) is 4. The van der Waals surface area contributed by atoms with E-state index in [1.807, 2.05) is 24.3 Å². The number of nitrogens with zero attached hydrogens (tertiary/aromatic N) is 3. The van der Waals surface area contributed by atoms with Crippen LogP contribution in [0.4, 0.5) is 15.8 Å². The van der Waals surface area contributed by atoms with Crippen LogP contribution in [0, 0.1) is 17.1 Å². The van der Waals surface area contributed by atoms with Crippen LogP contribution in [0.2, 0.25) is 0 Å². The summed E-state index contributed by atoms with van der Waals surface area (Å²) in [5, 5.41) is 11.9. The summed E-state index contributed by atoms with van der Waals surface area (Å²) in [7, 11) is 0. The van der Waals surface area contributed by atoms with E-state index in [1.54, 1.807) is 24.3 Å². The Bertz CT molecular complexity index is 1110. The van der Waals surface area contributed by atoms with Crippen molar-refractivity contribution in [2.24, 2.45) is 4.99 Å². The number of amides is 1. The van der Waals surface area contributed by atoms with E-state index in [9.17, 15) is 9.18 Å². The predicted octanol–water partition coefficient (Wildman–Crippen LogP) is 4.22. The van der Waals surface area contributed by atoms with Crippen molar-refractivity contribution in [3.05, 3.63) is 77.9 Å². The van der Waals surface area contributed by atoms with Gasteiger partial charge in [-0.2, -0.15) is 5.26 Å². The molecular weight excluding hydrogens is 343 g/mol. The summed E-state index contributed by atoms with van der Waals surface area (Å²) in [4.78, 5) is 20.9. The number of nitriles is 1. The average Bonchev–Trinajstić information content (AvgIpc) is 2.86. The first-order valence-electron chi connectivity index (χ1n) is 8.26. The second kappa shape index (κ2) is 6.81. The molecule has 5 nitrogen and oxygen atoms in total. The van der Waals surface area contributed by atoms with Gasteiger partial charge in [0.25, 0.3) is 0 Å². The Balaban J connectivity index is 1.76. The number of anilines is 1. The highest BCUT2D eigenvalue weighted by atomic mass is 19.1. The van der Waals surface area contributed by atoms with Crippen molar-refractivity contribution < 1.29 is 9.18 Å². The molecule has 2 heterocycles. The quantitative estimate of drug-likeness (QED) is 0.747. The highest BCUT2D eigenvalue weighted by Crippen LogP contribution is 2.33. The van der Waals surface area contributed by atoms with Crippen molar-refractivity contribution >= 4 is 23.0 Å². The zero-order valence-corrected chi connectivity index (χ0v) is 14.1. The van der Waals surface area contributed by atoms with E-state index < -0.39 is 0 Å². The van der Waals surface area contributed by atoms with E-state index in [-0.39, 0.29) is 23.8 Å². The molecule has 6 heteroatoms. The van der Waals surface area contributed by atoms with Crippen LogP contribution in [0.15, 0.2) is 65.8 Å². The predicted molar refractivity (Wildman–Crippen MR) is 100 cm³/mol. The number of aliphatic imine (C=N–C) groups is 1. The van der Waals surface area contributed by atoms with Crippen molar-refractivity contribution in [2.45, 2.75) is 6.42 Å². The number of rotatable bonds is 2. The molecule has 0 saturated carbocycles. The fourth-order valence-electron chi connectivity index (χ4n) is 2.92. The van der Waals surface area contributed by atoms with Crippen LogP contribution in [0.1, 0.15) is 17.7 Å². The Morgan fingerprint density at radius 3 is 2.56 bits per heavy atom. The largest absolute Gasteiger partial charge is 0.324 e. The van der Waals surface area contributed by atoms with Crippen LogP contribution < -0.4 is 5.32 Å². The minimum Gasteiger partial charge on any atom is -0.324 e. The number of hydrogen-bond donors (Lipinski definition) is 1. The number of pyridine rings is 1. The van der Waals surface area contributed by atoms with Crippen molar-refractivity contribution in [2.75, 3.05) is 5.32 Å². The average molecular weight is 356 g/mol. The molecule has 27 heavy (non-hydrogen) atoms. The summed E-state index contributed by atoms with van der Waals surface area (Å²) < 4.78 is 13.1. The summed E-state index contributed by atoms with van der Waals surface area (Å²) in [6.07, 6.45) is 1.62. The lowest BCUT2D eigenvalue weighted by atomic mass is 10.0. The minimum absolute atomic E-state index is 0.0927. The van der Waals surface area contributed by atoms with Crippen molar-refractivity contribution in [3.63, 3.8) is 0 Å². The first-order chi connectivity index (χ1) is 13.1. The first-order valence-corrected chi connectivity index (χ1v) is 8.26. The maximum absolute atomic E-state index is 13.1. The summed E-state index contributed by atoms with van der Waals surface area (Å²) in [6, 6.07) is 17.0. The van der Waals surface area contributed by atoms with Gasteiger partial charge in [0.1, 0.15) is 17.6 Å². The van der Waals surface area contributed by atoms with Gasteiger partial charge in [0.2, 0.25) is 5.91 Å². The molecule has 3 aromatic rings. The molecule has 1 N–H and O–H groups in total. The highest BCUT2D eigenvalue weighted by Gasteiger charge is 2.18. The fraction of sp³-hybridized carbons (Fsp3) is 0.0476. The van der Waals surface area contributed by atoms with Gasteiger partial charge in [0.05, 0.1) is 23.5 Å². The van der Waals surface area contributed by atoms with E-state index in [4.69, 9.17) is 5.26 Å². The van der Waals surface area contributed by atoms with Crippen molar-refractivity contribution in [1.82, 2.24) is 4.98 Å². The second-order valence-electron chi connectivity index (χ2n) is 6.06. The lowest BCUT2D eigenvalue weighted by Crippen LogP contribution is -2.15. The Morgan fingerprint density at radius 1 is 1.00 bits per heavy atom. The molecular formula is C21H13FN4O. The number of aromatic nitrogens is 1. The zero-order valence-electron chi connectivity index (χ0n) is 14.1. The van der Waals surface area contributed by atoms with Crippen LogP contribution in [-0.4, -0.2) is 16.6 Å². The maximum Gasteiger partial charge on any atom is 0.230 e. The molecule has 0 bridgehead atoms. The number of halogens is 1. The van der Waals surface area contributed by atoms with E-state index in [0.717, 1.165) is 11.1 Å². The topological polar surface area (TPSA) is 78.1 Å². The van der Waals surface area contributed by atoms with Gasteiger partial charge in [-0.25, -0.2) is 9.37 Å². The third-order valence-corrected chi connectivity index (χ3v) is 4.24. The standard InChI is InChI=1S/C21H13FN4O/c22-16-4-1-13(2-5-16)14-3-6-18-20(10-14)26-21(27)11-19(25-18)15-7-8-24-17(9-15)12-23/h1-10H,11H2,(H,26,27). The van der Waals surface area contributed by atoms with Crippen LogP contribution in [-0.2, 0) is 4.79 Å². The van der Waals surface area contributed by atoms with Gasteiger partial charge in [-0.05, 0) is 47.5 Å². The highest BCUT2D eigenvalue weighted by molar-refractivity contribution is 6.17. The molecule has 0 spiro atoms. The zero-order chi connectivity index (χ0) is 18.8. The molecule has 1 amide bonds. The van der Waals surface area contributed by atoms with Crippen LogP contribution in [0.3, 0.4) is 0 Å². The summed E-state index contributed by atoms with van der Waals surface area (Å²) in [5.74, 6) is -0.496. The molecule has 1 aliphatic rings. The molecule has 0 fully saturated rings. The van der Waals surface area contributed by atoms with Gasteiger partial charge in [-0.1, -0.05) is 18.2 Å². The van der Waals surface area contributed by atoms with Crippen molar-refractivity contribution in [1.29, 1.82) is 5.26 Å². The summed E-state index contributed by atoms with van der Waals surface area (Å²) in [5.41, 5.74) is 4.43. The lowest BCUT2D eigenvalue weighted by Gasteiger charge is -2.08. The van der Waals surface area contributed by atoms with Crippen LogP contribution in [0.5, 0.6) is 0 Å². The molecule has 2 aromatic carbocycles. The monoisotopic (exact) mass is 356 g/mol. The third kappa shape index (κ3) is 3.44. The van der Waals surface area contributed by atoms with Gasteiger partial charge in [-0.15, -0.1) is 0 Å². The number of fused-ring (bicyclic) bond motifs is 1. The molecule has 0 radical (unpaired) electrons. The molecule has 1 aromatic heterocycles. The van der Waals surface area contributed by atoms with E-state index in [2.05, 4.69) is 15.3 Å². The molecule has 1 aliphatic heterocycles. The summed E-state index contributed by atoms with van der Waals surface area (Å²) in [6.45, 7) is 0. The smallest absolute Gasteiger partial charge is 0.230 e. The van der Waals surface area contributed by atoms with Crippen LogP contribution in [0.25, 0.3) is 11.1 Å². The number of carbonyl (C=O) groups excluding carboxylic acids is 1. The van der Waals surface area contributed by atoms with E-state index in [0.29, 0.717) is 22.6 Å². The second-order valence-corrected chi connectivity index (χ2v) is 6.06. The fourth-order valence-corrected chi connectivity index (χ4v) is 2.92. The van der Waals surface area contributed by atoms with Crippen LogP contribution >= 0.6 is 0 Å². The summed E-state index contributed by atoms with van der Waals surface area (Å²) >= 11 is 0. The Morgan fingerprint density at radius 2 is 1.78 bits per heavy atom. The molecule has 0 unspecified atom stereocenters. The molecule has 0 aliphatic carbocycles. The van der Waals surface area contributed by atoms with Crippen molar-refractivity contribution in [3.8, 4) is 17.2 Å². The van der Waals surface area contributed by atoms with Gasteiger partial charge < -0.3 is 5.32 Å². The number of carbonyl (C=O) groups is 1. The molecule has 4 rings (SSSR count). The van der Waals surface area contributed by atoms with E-state index in [1.165, 1.54) is 18.3 Å². The Labute approximate surface area is 154 Å². The first kappa shape index (κ1) is 16.6. The van der Waals surface area contributed by atoms with Gasteiger partial charge in [-0.3, -0.25) is 9.79 Å². The minimum atomic E-state index is -0.301. The number of benzene rings is 2.